The van der Waals surface area contributed by atoms with Crippen LogP contribution in [0.25, 0.3) is 0 Å². The molecule has 0 spiro atoms. The summed E-state index contributed by atoms with van der Waals surface area (Å²) in [6, 6.07) is 3.07. The zero-order valence-electron chi connectivity index (χ0n) is 14.6. The van der Waals surface area contributed by atoms with Gasteiger partial charge in [0.15, 0.2) is 0 Å². The number of ether oxygens (including phenoxy) is 1. The van der Waals surface area contributed by atoms with Gasteiger partial charge in [0.1, 0.15) is 17.7 Å². The molecule has 2 aromatic rings. The topological polar surface area (TPSA) is 55.3 Å². The van der Waals surface area contributed by atoms with Crippen molar-refractivity contribution in [2.75, 3.05) is 18.6 Å². The fourth-order valence-corrected chi connectivity index (χ4v) is 2.89. The van der Waals surface area contributed by atoms with Crippen molar-refractivity contribution < 1.29 is 18.3 Å². The number of anilines is 1. The smallest absolute Gasteiger partial charge is 0.259 e. The van der Waals surface area contributed by atoms with Crippen LogP contribution in [-0.2, 0) is 9.53 Å². The molecule has 1 fully saturated rings. The van der Waals surface area contributed by atoms with Gasteiger partial charge in [-0.15, -0.1) is 0 Å². The zero-order chi connectivity index (χ0) is 18.9. The van der Waals surface area contributed by atoms with E-state index in [4.69, 9.17) is 4.74 Å². The average molecular weight is 357 g/mol. The Kier molecular flexibility index (Phi) is 4.70. The van der Waals surface area contributed by atoms with E-state index in [1.165, 1.54) is 24.4 Å². The highest BCUT2D eigenvalue weighted by Crippen LogP contribution is 2.34. The molecule has 1 aliphatic rings. The maximum Gasteiger partial charge on any atom is 0.259 e. The fraction of sp³-hybridized carbons (Fsp3) is 0.316. The lowest BCUT2D eigenvalue weighted by Gasteiger charge is -2.21. The van der Waals surface area contributed by atoms with Crippen LogP contribution in [0.2, 0.25) is 0 Å². The normalized spacial score (nSPS) is 18.6. The third-order valence-corrected chi connectivity index (χ3v) is 4.15. The molecule has 1 aromatic carbocycles. The minimum atomic E-state index is -0.605. The largest absolute Gasteiger partial charge is 0.371 e. The van der Waals surface area contributed by atoms with Crippen LogP contribution < -0.4 is 4.90 Å². The third-order valence-electron chi connectivity index (χ3n) is 4.15. The molecule has 0 N–H and O–H groups in total. The van der Waals surface area contributed by atoms with Crippen molar-refractivity contribution in [2.45, 2.75) is 20.0 Å². The van der Waals surface area contributed by atoms with Gasteiger partial charge in [0, 0.05) is 31.5 Å². The number of carbonyl (C=O) groups is 1. The van der Waals surface area contributed by atoms with Crippen LogP contribution in [0.4, 0.5) is 14.7 Å². The number of hydrogen-bond acceptors (Lipinski definition) is 4. The van der Waals surface area contributed by atoms with Crippen LogP contribution in [0.15, 0.2) is 30.6 Å². The second-order valence-corrected chi connectivity index (χ2v) is 6.67. The fourth-order valence-electron chi connectivity index (χ4n) is 2.89. The predicted molar refractivity (Wildman–Crippen MR) is 91.3 cm³/mol. The summed E-state index contributed by atoms with van der Waals surface area (Å²) in [5, 5.41) is 0. The van der Waals surface area contributed by atoms with Gasteiger partial charge in [0.05, 0.1) is 11.1 Å². The molecule has 1 aliphatic heterocycles. The molecule has 26 heavy (non-hydrogen) atoms. The molecule has 1 atom stereocenters. The van der Waals surface area contributed by atoms with Crippen molar-refractivity contribution in [3.63, 3.8) is 0 Å². The molecule has 0 radical (unpaired) electrons. The van der Waals surface area contributed by atoms with E-state index in [2.05, 4.69) is 21.8 Å². The Morgan fingerprint density at radius 2 is 1.92 bits per heavy atom. The number of aromatic nitrogens is 2. The second-order valence-electron chi connectivity index (χ2n) is 6.67. The van der Waals surface area contributed by atoms with Crippen molar-refractivity contribution in [3.05, 3.63) is 53.4 Å². The molecule has 7 heteroatoms. The maximum absolute atomic E-state index is 13.6. The minimum Gasteiger partial charge on any atom is -0.371 e. The molecule has 0 aliphatic carbocycles. The van der Waals surface area contributed by atoms with E-state index in [0.29, 0.717) is 12.1 Å². The lowest BCUT2D eigenvalue weighted by Crippen LogP contribution is -2.33. The van der Waals surface area contributed by atoms with Crippen LogP contribution in [-0.4, -0.2) is 35.6 Å². The summed E-state index contributed by atoms with van der Waals surface area (Å²) in [6.07, 6.45) is 2.32. The summed E-state index contributed by atoms with van der Waals surface area (Å²) < 4.78 is 32.0. The molecule has 1 aromatic heterocycles. The standard InChI is InChI=1S/C19H17F2N3O2/c1-19(2)11-24(17(25)16(19)26-3)18-22-9-12(10-23-18)4-5-13-8-14(20)6-7-15(13)21/h6-10,16H,11H2,1-3H3/t16-/m1/s1. The minimum absolute atomic E-state index is 0.0477. The van der Waals surface area contributed by atoms with Gasteiger partial charge in [-0.1, -0.05) is 25.7 Å². The Morgan fingerprint density at radius 3 is 2.54 bits per heavy atom. The van der Waals surface area contributed by atoms with Crippen LogP contribution in [0, 0.1) is 28.9 Å². The van der Waals surface area contributed by atoms with Crippen molar-refractivity contribution >= 4 is 11.9 Å². The Hall–Kier alpha value is -2.85. The molecule has 0 unspecified atom stereocenters. The number of rotatable bonds is 2. The number of nitrogens with zero attached hydrogens (tertiary/aromatic N) is 3. The van der Waals surface area contributed by atoms with E-state index in [9.17, 15) is 13.6 Å². The van der Waals surface area contributed by atoms with Crippen molar-refractivity contribution in [2.24, 2.45) is 5.41 Å². The van der Waals surface area contributed by atoms with Gasteiger partial charge in [-0.3, -0.25) is 9.69 Å². The van der Waals surface area contributed by atoms with E-state index < -0.39 is 17.7 Å². The Balaban J connectivity index is 1.81. The number of halogens is 2. The van der Waals surface area contributed by atoms with E-state index in [-0.39, 0.29) is 22.8 Å². The first-order valence-electron chi connectivity index (χ1n) is 7.95. The summed E-state index contributed by atoms with van der Waals surface area (Å²) in [4.78, 5) is 22.2. The first-order chi connectivity index (χ1) is 12.3. The van der Waals surface area contributed by atoms with Gasteiger partial charge >= 0.3 is 0 Å². The molecule has 1 saturated heterocycles. The van der Waals surface area contributed by atoms with Gasteiger partial charge < -0.3 is 4.74 Å². The molecule has 134 valence electrons. The first kappa shape index (κ1) is 18.0. The summed E-state index contributed by atoms with van der Waals surface area (Å²) in [5.74, 6) is 4.13. The highest BCUT2D eigenvalue weighted by atomic mass is 19.1. The molecular weight excluding hydrogens is 340 g/mol. The van der Waals surface area contributed by atoms with E-state index in [0.717, 1.165) is 18.2 Å². The van der Waals surface area contributed by atoms with Gasteiger partial charge in [-0.25, -0.2) is 18.7 Å². The summed E-state index contributed by atoms with van der Waals surface area (Å²) in [7, 11) is 1.50. The van der Waals surface area contributed by atoms with Crippen LogP contribution in [0.3, 0.4) is 0 Å². The van der Waals surface area contributed by atoms with Gasteiger partial charge in [0.2, 0.25) is 5.95 Å². The Labute approximate surface area is 150 Å². The number of carbonyl (C=O) groups excluding carboxylic acids is 1. The number of methoxy groups -OCH3 is 1. The zero-order valence-corrected chi connectivity index (χ0v) is 14.6. The van der Waals surface area contributed by atoms with Crippen LogP contribution in [0.5, 0.6) is 0 Å². The molecule has 3 rings (SSSR count). The van der Waals surface area contributed by atoms with Crippen molar-refractivity contribution in [1.82, 2.24) is 9.97 Å². The van der Waals surface area contributed by atoms with Crippen LogP contribution in [0.1, 0.15) is 25.0 Å². The molecule has 0 bridgehead atoms. The van der Waals surface area contributed by atoms with E-state index in [1.54, 1.807) is 0 Å². The second kappa shape index (κ2) is 6.81. The quantitative estimate of drug-likeness (QED) is 0.775. The predicted octanol–water partition coefficient (Wildman–Crippen LogP) is 2.54. The molecule has 1 amide bonds. The average Bonchev–Trinajstić information content (AvgIpc) is 2.84. The number of hydrogen-bond donors (Lipinski definition) is 0. The Morgan fingerprint density at radius 1 is 1.23 bits per heavy atom. The first-order valence-corrected chi connectivity index (χ1v) is 7.95. The van der Waals surface area contributed by atoms with E-state index >= 15 is 0 Å². The Bertz CT molecular complexity index is 901. The number of benzene rings is 1. The van der Waals surface area contributed by atoms with E-state index in [1.807, 2.05) is 13.8 Å². The summed E-state index contributed by atoms with van der Waals surface area (Å²) in [6.45, 7) is 4.31. The molecule has 2 heterocycles. The molecule has 5 nitrogen and oxygen atoms in total. The summed E-state index contributed by atoms with van der Waals surface area (Å²) in [5.41, 5.74) is 0.0165. The third kappa shape index (κ3) is 3.41. The summed E-state index contributed by atoms with van der Waals surface area (Å²) >= 11 is 0. The highest BCUT2D eigenvalue weighted by Gasteiger charge is 2.47. The van der Waals surface area contributed by atoms with Crippen LogP contribution >= 0.6 is 0 Å². The monoisotopic (exact) mass is 357 g/mol. The lowest BCUT2D eigenvalue weighted by atomic mass is 9.90. The maximum atomic E-state index is 13.6. The van der Waals surface area contributed by atoms with Crippen molar-refractivity contribution in [3.8, 4) is 11.8 Å². The molecular formula is C19H17F2N3O2. The van der Waals surface area contributed by atoms with Crippen molar-refractivity contribution in [1.29, 1.82) is 0 Å². The van der Waals surface area contributed by atoms with Gasteiger partial charge in [-0.05, 0) is 18.2 Å². The van der Waals surface area contributed by atoms with Gasteiger partial charge in [-0.2, -0.15) is 0 Å². The SMILES string of the molecule is CO[C@@H]1C(=O)N(c2ncc(C#Cc3cc(F)ccc3F)cn2)CC1(C)C. The molecule has 0 saturated carbocycles. The highest BCUT2D eigenvalue weighted by molar-refractivity contribution is 5.98. The lowest BCUT2D eigenvalue weighted by molar-refractivity contribution is -0.128. The van der Waals surface area contributed by atoms with Gasteiger partial charge in [0.25, 0.3) is 5.91 Å². The number of amides is 1.